The fraction of sp³-hybridized carbons (Fsp3) is 0.417. The van der Waals surface area contributed by atoms with E-state index in [4.69, 9.17) is 0 Å². The Balaban J connectivity index is 2.65. The van der Waals surface area contributed by atoms with Gasteiger partial charge in [0.2, 0.25) is 5.91 Å². The Morgan fingerprint density at radius 3 is 2.43 bits per heavy atom. The number of carbonyl (C=O) groups is 1. The van der Waals surface area contributed by atoms with Gasteiger partial charge in [0.05, 0.1) is 6.04 Å². The van der Waals surface area contributed by atoms with E-state index in [1.165, 1.54) is 5.56 Å². The van der Waals surface area contributed by atoms with Crippen molar-refractivity contribution in [2.24, 2.45) is 0 Å². The van der Waals surface area contributed by atoms with Crippen LogP contribution in [0, 0.1) is 6.92 Å². The molecule has 14 heavy (non-hydrogen) atoms. The Bertz CT molecular complexity index is 303. The quantitative estimate of drug-likeness (QED) is 0.781. The van der Waals surface area contributed by atoms with Crippen molar-refractivity contribution in [3.05, 3.63) is 35.4 Å². The van der Waals surface area contributed by atoms with Crippen molar-refractivity contribution in [1.82, 2.24) is 5.32 Å². The van der Waals surface area contributed by atoms with Gasteiger partial charge in [-0.05, 0) is 19.4 Å². The predicted molar refractivity (Wildman–Crippen MR) is 58.0 cm³/mol. The highest BCUT2D eigenvalue weighted by Crippen LogP contribution is 2.12. The second-order valence-electron chi connectivity index (χ2n) is 3.55. The number of hydrogen-bond acceptors (Lipinski definition) is 1. The maximum atomic E-state index is 11.2. The average Bonchev–Trinajstić information content (AvgIpc) is 2.18. The van der Waals surface area contributed by atoms with Crippen LogP contribution >= 0.6 is 0 Å². The molecule has 0 fully saturated rings. The van der Waals surface area contributed by atoms with Crippen LogP contribution in [0.3, 0.4) is 0 Å². The topological polar surface area (TPSA) is 29.1 Å². The Morgan fingerprint density at radius 2 is 1.93 bits per heavy atom. The zero-order valence-electron chi connectivity index (χ0n) is 9.00. The largest absolute Gasteiger partial charge is 0.350 e. The van der Waals surface area contributed by atoms with E-state index in [2.05, 4.69) is 36.5 Å². The first-order valence-electron chi connectivity index (χ1n) is 4.99. The third-order valence-electron chi connectivity index (χ3n) is 2.28. The first-order valence-corrected chi connectivity index (χ1v) is 4.99. The highest BCUT2D eigenvalue weighted by Gasteiger charge is 2.06. The summed E-state index contributed by atoms with van der Waals surface area (Å²) in [6.45, 7) is 5.91. The van der Waals surface area contributed by atoms with Crippen LogP contribution in [0.5, 0.6) is 0 Å². The number of aryl methyl sites for hydroxylation is 1. The summed E-state index contributed by atoms with van der Waals surface area (Å²) >= 11 is 0. The van der Waals surface area contributed by atoms with Crippen LogP contribution in [-0.2, 0) is 4.79 Å². The van der Waals surface area contributed by atoms with Gasteiger partial charge >= 0.3 is 0 Å². The second-order valence-corrected chi connectivity index (χ2v) is 3.55. The average molecular weight is 191 g/mol. The Labute approximate surface area is 85.3 Å². The highest BCUT2D eigenvalue weighted by atomic mass is 16.1. The monoisotopic (exact) mass is 191 g/mol. The molecule has 1 atom stereocenters. The van der Waals surface area contributed by atoms with Crippen molar-refractivity contribution in [2.45, 2.75) is 33.2 Å². The molecule has 1 N–H and O–H groups in total. The maximum Gasteiger partial charge on any atom is 0.220 e. The molecule has 0 aliphatic rings. The van der Waals surface area contributed by atoms with Crippen LogP contribution < -0.4 is 5.32 Å². The number of amides is 1. The van der Waals surface area contributed by atoms with Crippen molar-refractivity contribution in [3.63, 3.8) is 0 Å². The smallest absolute Gasteiger partial charge is 0.220 e. The van der Waals surface area contributed by atoms with Gasteiger partial charge in [0.15, 0.2) is 0 Å². The minimum absolute atomic E-state index is 0.0954. The van der Waals surface area contributed by atoms with Crippen LogP contribution in [0.2, 0.25) is 0 Å². The van der Waals surface area contributed by atoms with Gasteiger partial charge in [0.25, 0.3) is 0 Å². The SMILES string of the molecule is CCC(=O)N[C@H](C)c1ccc(C)cc1. The van der Waals surface area contributed by atoms with Gasteiger partial charge in [0, 0.05) is 6.42 Å². The molecule has 0 saturated heterocycles. The van der Waals surface area contributed by atoms with Gasteiger partial charge in [-0.1, -0.05) is 36.8 Å². The normalized spacial score (nSPS) is 12.2. The van der Waals surface area contributed by atoms with Gasteiger partial charge in [-0.15, -0.1) is 0 Å². The molecule has 0 spiro atoms. The molecule has 2 heteroatoms. The Morgan fingerprint density at radius 1 is 1.36 bits per heavy atom. The van der Waals surface area contributed by atoms with E-state index in [0.29, 0.717) is 6.42 Å². The first-order chi connectivity index (χ1) is 6.63. The van der Waals surface area contributed by atoms with Crippen molar-refractivity contribution in [2.75, 3.05) is 0 Å². The van der Waals surface area contributed by atoms with Crippen LogP contribution in [0.4, 0.5) is 0 Å². The van der Waals surface area contributed by atoms with Gasteiger partial charge in [-0.3, -0.25) is 4.79 Å². The van der Waals surface area contributed by atoms with Crippen LogP contribution in [-0.4, -0.2) is 5.91 Å². The molecule has 76 valence electrons. The number of nitrogens with one attached hydrogen (secondary N) is 1. The van der Waals surface area contributed by atoms with E-state index >= 15 is 0 Å². The predicted octanol–water partition coefficient (Wildman–Crippen LogP) is 2.58. The Kier molecular flexibility index (Phi) is 3.69. The molecular weight excluding hydrogens is 174 g/mol. The Hall–Kier alpha value is -1.31. The minimum atomic E-state index is 0.0954. The molecule has 0 aliphatic carbocycles. The van der Waals surface area contributed by atoms with Gasteiger partial charge in [-0.2, -0.15) is 0 Å². The van der Waals surface area contributed by atoms with E-state index < -0.39 is 0 Å². The van der Waals surface area contributed by atoms with Crippen LogP contribution in [0.15, 0.2) is 24.3 Å². The molecule has 0 unspecified atom stereocenters. The molecule has 0 bridgehead atoms. The van der Waals surface area contributed by atoms with Crippen molar-refractivity contribution in [3.8, 4) is 0 Å². The molecule has 1 aromatic rings. The molecule has 0 radical (unpaired) electrons. The first kappa shape index (κ1) is 10.8. The van der Waals surface area contributed by atoms with E-state index in [1.54, 1.807) is 0 Å². The molecule has 1 amide bonds. The molecular formula is C12H17NO. The molecule has 2 nitrogen and oxygen atoms in total. The fourth-order valence-corrected chi connectivity index (χ4v) is 1.28. The second kappa shape index (κ2) is 4.80. The lowest BCUT2D eigenvalue weighted by Gasteiger charge is -2.13. The minimum Gasteiger partial charge on any atom is -0.350 e. The number of hydrogen-bond donors (Lipinski definition) is 1. The molecule has 0 saturated carbocycles. The van der Waals surface area contributed by atoms with Gasteiger partial charge in [0.1, 0.15) is 0 Å². The molecule has 1 aromatic carbocycles. The maximum absolute atomic E-state index is 11.2. The molecule has 0 aliphatic heterocycles. The third kappa shape index (κ3) is 2.87. The van der Waals surface area contributed by atoms with Crippen LogP contribution in [0.25, 0.3) is 0 Å². The molecule has 0 aromatic heterocycles. The van der Waals surface area contributed by atoms with E-state index in [1.807, 2.05) is 13.8 Å². The number of benzene rings is 1. The van der Waals surface area contributed by atoms with Gasteiger partial charge in [-0.25, -0.2) is 0 Å². The lowest BCUT2D eigenvalue weighted by molar-refractivity contribution is -0.121. The zero-order valence-corrected chi connectivity index (χ0v) is 9.00. The number of carbonyl (C=O) groups excluding carboxylic acids is 1. The summed E-state index contributed by atoms with van der Waals surface area (Å²) in [5.41, 5.74) is 2.39. The van der Waals surface area contributed by atoms with Crippen molar-refractivity contribution < 1.29 is 4.79 Å². The van der Waals surface area contributed by atoms with E-state index in [-0.39, 0.29) is 11.9 Å². The molecule has 1 rings (SSSR count). The van der Waals surface area contributed by atoms with E-state index in [0.717, 1.165) is 5.56 Å². The lowest BCUT2D eigenvalue weighted by atomic mass is 10.1. The zero-order chi connectivity index (χ0) is 10.6. The summed E-state index contributed by atoms with van der Waals surface area (Å²) < 4.78 is 0. The third-order valence-corrected chi connectivity index (χ3v) is 2.28. The van der Waals surface area contributed by atoms with Crippen LogP contribution in [0.1, 0.15) is 37.4 Å². The van der Waals surface area contributed by atoms with E-state index in [9.17, 15) is 4.79 Å². The summed E-state index contributed by atoms with van der Waals surface area (Å²) in [6.07, 6.45) is 0.538. The summed E-state index contributed by atoms with van der Waals surface area (Å²) in [5.74, 6) is 0.0954. The fourth-order valence-electron chi connectivity index (χ4n) is 1.28. The summed E-state index contributed by atoms with van der Waals surface area (Å²) in [7, 11) is 0. The number of rotatable bonds is 3. The lowest BCUT2D eigenvalue weighted by Crippen LogP contribution is -2.25. The summed E-state index contributed by atoms with van der Waals surface area (Å²) in [6, 6.07) is 8.32. The van der Waals surface area contributed by atoms with Crippen molar-refractivity contribution in [1.29, 1.82) is 0 Å². The highest BCUT2D eigenvalue weighted by molar-refractivity contribution is 5.75. The molecule has 0 heterocycles. The van der Waals surface area contributed by atoms with Gasteiger partial charge < -0.3 is 5.32 Å². The summed E-state index contributed by atoms with van der Waals surface area (Å²) in [4.78, 5) is 11.2. The van der Waals surface area contributed by atoms with Crippen molar-refractivity contribution >= 4 is 5.91 Å². The summed E-state index contributed by atoms with van der Waals surface area (Å²) in [5, 5.41) is 2.93. The standard InChI is InChI=1S/C12H17NO/c1-4-12(14)13-10(3)11-7-5-9(2)6-8-11/h5-8,10H,4H2,1-3H3,(H,13,14)/t10-/m1/s1.